The lowest BCUT2D eigenvalue weighted by Gasteiger charge is -2.35. The molecule has 1 aromatic rings. The summed E-state index contributed by atoms with van der Waals surface area (Å²) < 4.78 is 28.4. The molecule has 0 spiro atoms. The van der Waals surface area contributed by atoms with Gasteiger partial charge in [-0.15, -0.1) is 0 Å². The van der Waals surface area contributed by atoms with Crippen LogP contribution in [0.3, 0.4) is 0 Å². The van der Waals surface area contributed by atoms with Crippen molar-refractivity contribution in [2.45, 2.75) is 44.3 Å². The first kappa shape index (κ1) is 21.1. The predicted molar refractivity (Wildman–Crippen MR) is 114 cm³/mol. The molecule has 1 unspecified atom stereocenters. The summed E-state index contributed by atoms with van der Waals surface area (Å²) in [7, 11) is 1.82. The Labute approximate surface area is 178 Å². The van der Waals surface area contributed by atoms with Crippen molar-refractivity contribution in [2.75, 3.05) is 53.3 Å². The van der Waals surface area contributed by atoms with Gasteiger partial charge in [-0.05, 0) is 44.2 Å². The minimum Gasteiger partial charge on any atom is -0.492 e. The summed E-state index contributed by atoms with van der Waals surface area (Å²) in [6.07, 6.45) is 6.21. The van der Waals surface area contributed by atoms with Gasteiger partial charge in [0.1, 0.15) is 12.4 Å². The zero-order valence-corrected chi connectivity index (χ0v) is 17.8. The van der Waals surface area contributed by atoms with Gasteiger partial charge >= 0.3 is 0 Å². The Bertz CT molecular complexity index is 700. The van der Waals surface area contributed by atoms with Crippen LogP contribution in [-0.4, -0.2) is 76.4 Å². The second-order valence-electron chi connectivity index (χ2n) is 7.85. The maximum atomic E-state index is 6.11. The number of ether oxygens (including phenoxy) is 5. The van der Waals surface area contributed by atoms with Gasteiger partial charge in [0.2, 0.25) is 6.79 Å². The van der Waals surface area contributed by atoms with Gasteiger partial charge in [-0.2, -0.15) is 0 Å². The van der Waals surface area contributed by atoms with Crippen molar-refractivity contribution in [3.63, 3.8) is 0 Å². The molecule has 0 radical (unpaired) electrons. The number of likely N-dealkylation sites (tertiary alicyclic amines) is 1. The largest absolute Gasteiger partial charge is 0.492 e. The second kappa shape index (κ2) is 10.7. The van der Waals surface area contributed by atoms with Crippen molar-refractivity contribution in [3.8, 4) is 17.2 Å². The number of fused-ring (bicyclic) bond motifs is 1. The molecule has 1 aromatic carbocycles. The summed E-state index contributed by atoms with van der Waals surface area (Å²) in [5, 5.41) is 3.39. The lowest BCUT2D eigenvalue weighted by molar-refractivity contribution is -0.0721. The second-order valence-corrected chi connectivity index (χ2v) is 7.85. The molecule has 0 aliphatic carbocycles. The fourth-order valence-corrected chi connectivity index (χ4v) is 4.05. The highest BCUT2D eigenvalue weighted by molar-refractivity contribution is 5.79. The number of nitrogens with zero attached hydrogens (tertiary/aromatic N) is 2. The lowest BCUT2D eigenvalue weighted by Crippen LogP contribution is -2.48. The van der Waals surface area contributed by atoms with Gasteiger partial charge in [0.15, 0.2) is 17.5 Å². The molecule has 8 heteroatoms. The zero-order chi connectivity index (χ0) is 20.6. The van der Waals surface area contributed by atoms with E-state index in [4.69, 9.17) is 23.7 Å². The average Bonchev–Trinajstić information content (AvgIpc) is 3.27. The van der Waals surface area contributed by atoms with E-state index in [0.717, 1.165) is 68.8 Å². The first-order chi connectivity index (χ1) is 14.8. The fraction of sp³-hybridized carbons (Fsp3) is 0.682. The Balaban J connectivity index is 1.13. The first-order valence-electron chi connectivity index (χ1n) is 11.0. The highest BCUT2D eigenvalue weighted by atomic mass is 16.7. The lowest BCUT2D eigenvalue weighted by atomic mass is 10.1. The van der Waals surface area contributed by atoms with Crippen LogP contribution in [0.4, 0.5) is 0 Å². The number of benzene rings is 1. The van der Waals surface area contributed by atoms with E-state index in [9.17, 15) is 0 Å². The van der Waals surface area contributed by atoms with Crippen LogP contribution in [0.5, 0.6) is 17.2 Å². The molecule has 4 rings (SSSR count). The first-order valence-corrected chi connectivity index (χ1v) is 11.0. The maximum Gasteiger partial charge on any atom is 0.231 e. The molecule has 0 bridgehead atoms. The molecule has 1 atom stereocenters. The maximum absolute atomic E-state index is 6.11. The number of nitrogens with one attached hydrogen (secondary N) is 1. The average molecular weight is 420 g/mol. The van der Waals surface area contributed by atoms with E-state index in [2.05, 4.69) is 15.2 Å². The Morgan fingerprint density at radius 3 is 2.83 bits per heavy atom. The van der Waals surface area contributed by atoms with Crippen LogP contribution in [0, 0.1) is 0 Å². The Morgan fingerprint density at radius 2 is 2.03 bits per heavy atom. The molecular formula is C22H33N3O5. The molecule has 0 aromatic heterocycles. The molecule has 3 aliphatic rings. The van der Waals surface area contributed by atoms with Gasteiger partial charge < -0.3 is 33.9 Å². The molecule has 0 saturated carbocycles. The molecule has 3 aliphatic heterocycles. The third-order valence-electron chi connectivity index (χ3n) is 5.74. The van der Waals surface area contributed by atoms with Crippen molar-refractivity contribution >= 4 is 5.96 Å². The van der Waals surface area contributed by atoms with Gasteiger partial charge in [-0.25, -0.2) is 0 Å². The van der Waals surface area contributed by atoms with Gasteiger partial charge in [0.05, 0.1) is 25.4 Å². The van der Waals surface area contributed by atoms with Crippen molar-refractivity contribution in [2.24, 2.45) is 4.99 Å². The molecule has 8 nitrogen and oxygen atoms in total. The standard InChI is InChI=1S/C22H33N3O5/c1-23-22(24-9-13-27-18-5-6-20-21(14-18)30-16-29-20)25-10-7-17(8-11-25)28-15-19-4-2-3-12-26-19/h5-6,14,17,19H,2-4,7-13,15-16H2,1H3,(H,23,24). The highest BCUT2D eigenvalue weighted by Crippen LogP contribution is 2.35. The summed E-state index contributed by atoms with van der Waals surface area (Å²) in [5.41, 5.74) is 0. The molecule has 2 fully saturated rings. The molecule has 0 amide bonds. The third-order valence-corrected chi connectivity index (χ3v) is 5.74. The molecule has 2 saturated heterocycles. The Hall–Kier alpha value is -2.19. The van der Waals surface area contributed by atoms with Crippen molar-refractivity contribution < 1.29 is 23.7 Å². The number of hydrogen-bond acceptors (Lipinski definition) is 6. The van der Waals surface area contributed by atoms with E-state index in [1.807, 2.05) is 25.2 Å². The monoisotopic (exact) mass is 419 g/mol. The zero-order valence-electron chi connectivity index (χ0n) is 17.8. The molecular weight excluding hydrogens is 386 g/mol. The quantitative estimate of drug-likeness (QED) is 0.413. The SMILES string of the molecule is CN=C(NCCOc1ccc2c(c1)OCO2)N1CCC(OCC2CCCCO2)CC1. The van der Waals surface area contributed by atoms with E-state index in [-0.39, 0.29) is 12.9 Å². The van der Waals surface area contributed by atoms with Crippen LogP contribution in [0.1, 0.15) is 32.1 Å². The number of piperidine rings is 1. The van der Waals surface area contributed by atoms with Gasteiger partial charge in [-0.3, -0.25) is 4.99 Å². The summed E-state index contributed by atoms with van der Waals surface area (Å²) in [6.45, 7) is 4.99. The van der Waals surface area contributed by atoms with Crippen LogP contribution in [0.25, 0.3) is 0 Å². The van der Waals surface area contributed by atoms with Gasteiger partial charge in [0.25, 0.3) is 0 Å². The van der Waals surface area contributed by atoms with E-state index in [0.29, 0.717) is 19.3 Å². The predicted octanol–water partition coefficient (Wildman–Crippen LogP) is 2.42. The number of rotatable bonds is 7. The van der Waals surface area contributed by atoms with Crippen molar-refractivity contribution in [3.05, 3.63) is 18.2 Å². The summed E-state index contributed by atoms with van der Waals surface area (Å²) in [4.78, 5) is 6.72. The fourth-order valence-electron chi connectivity index (χ4n) is 4.05. The van der Waals surface area contributed by atoms with Crippen LogP contribution in [-0.2, 0) is 9.47 Å². The molecule has 1 N–H and O–H groups in total. The minimum atomic E-state index is 0.271. The van der Waals surface area contributed by atoms with Crippen molar-refractivity contribution in [1.82, 2.24) is 10.2 Å². The molecule has 30 heavy (non-hydrogen) atoms. The topological polar surface area (TPSA) is 73.8 Å². The van der Waals surface area contributed by atoms with E-state index < -0.39 is 0 Å². The van der Waals surface area contributed by atoms with E-state index in [1.165, 1.54) is 12.8 Å². The normalized spacial score (nSPS) is 22.2. The number of hydrogen-bond donors (Lipinski definition) is 1. The van der Waals surface area contributed by atoms with E-state index >= 15 is 0 Å². The van der Waals surface area contributed by atoms with Crippen molar-refractivity contribution in [1.29, 1.82) is 0 Å². The summed E-state index contributed by atoms with van der Waals surface area (Å²) >= 11 is 0. The molecule has 166 valence electrons. The smallest absolute Gasteiger partial charge is 0.231 e. The van der Waals surface area contributed by atoms with Crippen LogP contribution in [0.15, 0.2) is 23.2 Å². The summed E-state index contributed by atoms with van der Waals surface area (Å²) in [5.74, 6) is 3.19. The minimum absolute atomic E-state index is 0.271. The molecule has 3 heterocycles. The van der Waals surface area contributed by atoms with Gasteiger partial charge in [0, 0.05) is 32.8 Å². The van der Waals surface area contributed by atoms with Crippen LogP contribution < -0.4 is 19.5 Å². The Morgan fingerprint density at radius 1 is 1.17 bits per heavy atom. The number of aliphatic imine (C=N–C) groups is 1. The Kier molecular flexibility index (Phi) is 7.53. The summed E-state index contributed by atoms with van der Waals surface area (Å²) in [6, 6.07) is 5.63. The number of guanidine groups is 1. The van der Waals surface area contributed by atoms with Crippen LogP contribution in [0.2, 0.25) is 0 Å². The highest BCUT2D eigenvalue weighted by Gasteiger charge is 2.23. The van der Waals surface area contributed by atoms with Gasteiger partial charge in [-0.1, -0.05) is 0 Å². The van der Waals surface area contributed by atoms with E-state index in [1.54, 1.807) is 0 Å². The van der Waals surface area contributed by atoms with Crippen LogP contribution >= 0.6 is 0 Å². The third kappa shape index (κ3) is 5.70.